The molecule has 0 aromatic carbocycles. The first-order valence-corrected chi connectivity index (χ1v) is 8.45. The third-order valence-corrected chi connectivity index (χ3v) is 5.06. The van der Waals surface area contributed by atoms with Gasteiger partial charge in [-0.3, -0.25) is 4.99 Å². The number of halogens is 1. The molecule has 0 radical (unpaired) electrons. The van der Waals surface area contributed by atoms with Gasteiger partial charge < -0.3 is 19.6 Å². The maximum absolute atomic E-state index is 4.90. The van der Waals surface area contributed by atoms with Crippen LogP contribution in [0.15, 0.2) is 21.8 Å². The van der Waals surface area contributed by atoms with Gasteiger partial charge in [0.25, 0.3) is 0 Å². The van der Waals surface area contributed by atoms with Gasteiger partial charge in [0.1, 0.15) is 12.0 Å². The highest BCUT2D eigenvalue weighted by atomic mass is 127. The van der Waals surface area contributed by atoms with Crippen LogP contribution in [0, 0.1) is 5.92 Å². The van der Waals surface area contributed by atoms with Crippen LogP contribution < -0.4 is 5.32 Å². The van der Waals surface area contributed by atoms with E-state index in [-0.39, 0.29) is 29.5 Å². The Hall–Kier alpha value is -0.830. The zero-order chi connectivity index (χ0) is 16.9. The van der Waals surface area contributed by atoms with Crippen molar-refractivity contribution in [2.45, 2.75) is 44.7 Å². The highest BCUT2D eigenvalue weighted by Crippen LogP contribution is 2.35. The number of rotatable bonds is 5. The molecule has 1 saturated carbocycles. The Bertz CT molecular complexity index is 505. The Balaban J connectivity index is 0.00000288. The van der Waals surface area contributed by atoms with Crippen LogP contribution in [0.3, 0.4) is 0 Å². The van der Waals surface area contributed by atoms with Crippen LogP contribution in [0.25, 0.3) is 0 Å². The average molecular weight is 449 g/mol. The number of aliphatic imine (C=N–C) groups is 1. The van der Waals surface area contributed by atoms with E-state index in [1.165, 1.54) is 25.7 Å². The fraction of sp³-hybridized carbons (Fsp3) is 0.765. The Morgan fingerprint density at radius 2 is 2.21 bits per heavy atom. The summed E-state index contributed by atoms with van der Waals surface area (Å²) >= 11 is 0. The van der Waals surface area contributed by atoms with E-state index in [2.05, 4.69) is 46.3 Å². The van der Waals surface area contributed by atoms with Gasteiger partial charge in [0.15, 0.2) is 5.96 Å². The molecule has 1 heterocycles. The molecule has 1 aliphatic rings. The first kappa shape index (κ1) is 21.2. The molecule has 0 spiro atoms. The maximum Gasteiger partial charge on any atom is 0.193 e. The minimum Gasteiger partial charge on any atom is -0.364 e. The number of likely N-dealkylation sites (N-methyl/N-ethyl adjacent to an activating group) is 1. The number of guanidine groups is 1. The standard InChI is InChI=1S/C17H31N5O.HI/c1-14-7-6-9-17(11-14,21(3)4)13-19-16(18-2)22(5)12-15-8-10-23-20-15;/h8,10,14H,6-7,9,11-13H2,1-5H3,(H,18,19);1H. The molecule has 1 aliphatic carbocycles. The van der Waals surface area contributed by atoms with E-state index >= 15 is 0 Å². The second kappa shape index (κ2) is 9.60. The van der Waals surface area contributed by atoms with Crippen molar-refractivity contribution in [3.8, 4) is 0 Å². The Morgan fingerprint density at radius 3 is 2.75 bits per heavy atom. The lowest BCUT2D eigenvalue weighted by Gasteiger charge is -2.45. The van der Waals surface area contributed by atoms with Gasteiger partial charge in [-0.15, -0.1) is 24.0 Å². The molecule has 0 bridgehead atoms. The zero-order valence-electron chi connectivity index (χ0n) is 15.6. The second-order valence-corrected chi connectivity index (χ2v) is 7.07. The van der Waals surface area contributed by atoms with Crippen LogP contribution in [0.5, 0.6) is 0 Å². The minimum atomic E-state index is 0. The van der Waals surface area contributed by atoms with Gasteiger partial charge in [0.05, 0.1) is 6.54 Å². The largest absolute Gasteiger partial charge is 0.364 e. The lowest BCUT2D eigenvalue weighted by molar-refractivity contribution is 0.0790. The lowest BCUT2D eigenvalue weighted by atomic mass is 9.75. The Kier molecular flexibility index (Phi) is 8.49. The molecule has 1 N–H and O–H groups in total. The maximum atomic E-state index is 4.90. The predicted octanol–water partition coefficient (Wildman–Crippen LogP) is 2.81. The second-order valence-electron chi connectivity index (χ2n) is 7.07. The molecule has 2 atom stereocenters. The van der Waals surface area contributed by atoms with E-state index in [1.54, 1.807) is 6.26 Å². The summed E-state index contributed by atoms with van der Waals surface area (Å²) in [6.07, 6.45) is 6.72. The summed E-state index contributed by atoms with van der Waals surface area (Å²) in [6.45, 7) is 3.96. The topological polar surface area (TPSA) is 56.9 Å². The Labute approximate surface area is 163 Å². The van der Waals surface area contributed by atoms with Crippen molar-refractivity contribution in [2.75, 3.05) is 34.7 Å². The quantitative estimate of drug-likeness (QED) is 0.426. The van der Waals surface area contributed by atoms with Gasteiger partial charge in [-0.2, -0.15) is 0 Å². The molecule has 1 aromatic heterocycles. The number of nitrogens with zero attached hydrogens (tertiary/aromatic N) is 4. The van der Waals surface area contributed by atoms with Gasteiger partial charge in [0.2, 0.25) is 0 Å². The average Bonchev–Trinajstić information content (AvgIpc) is 3.00. The van der Waals surface area contributed by atoms with Crippen LogP contribution in [-0.4, -0.2) is 61.2 Å². The predicted molar refractivity (Wildman–Crippen MR) is 109 cm³/mol. The molecule has 0 aliphatic heterocycles. The fourth-order valence-electron chi connectivity index (χ4n) is 3.62. The SMILES string of the molecule is CN=C(NCC1(N(C)C)CCCC(C)C1)N(C)Cc1ccon1.I. The normalized spacial score (nSPS) is 24.6. The number of aromatic nitrogens is 1. The van der Waals surface area contributed by atoms with E-state index in [4.69, 9.17) is 4.52 Å². The zero-order valence-corrected chi connectivity index (χ0v) is 17.9. The molecule has 0 saturated heterocycles. The van der Waals surface area contributed by atoms with Crippen LogP contribution >= 0.6 is 24.0 Å². The summed E-state index contributed by atoms with van der Waals surface area (Å²) in [4.78, 5) is 8.88. The van der Waals surface area contributed by atoms with Crippen molar-refractivity contribution < 1.29 is 4.52 Å². The first-order valence-electron chi connectivity index (χ1n) is 8.45. The van der Waals surface area contributed by atoms with Gasteiger partial charge in [0, 0.05) is 32.2 Å². The molecule has 2 unspecified atom stereocenters. The van der Waals surface area contributed by atoms with Crippen molar-refractivity contribution in [2.24, 2.45) is 10.9 Å². The Morgan fingerprint density at radius 1 is 1.46 bits per heavy atom. The monoisotopic (exact) mass is 449 g/mol. The van der Waals surface area contributed by atoms with E-state index in [1.807, 2.05) is 20.2 Å². The van der Waals surface area contributed by atoms with Crippen LogP contribution in [0.1, 0.15) is 38.3 Å². The fourth-order valence-corrected chi connectivity index (χ4v) is 3.62. The van der Waals surface area contributed by atoms with Crippen molar-refractivity contribution in [3.63, 3.8) is 0 Å². The molecular weight excluding hydrogens is 417 g/mol. The summed E-state index contributed by atoms with van der Waals surface area (Å²) in [5.41, 5.74) is 1.12. The molecule has 6 nitrogen and oxygen atoms in total. The summed E-state index contributed by atoms with van der Waals surface area (Å²) in [5, 5.41) is 7.54. The third kappa shape index (κ3) is 5.34. The van der Waals surface area contributed by atoms with Gasteiger partial charge >= 0.3 is 0 Å². The molecule has 2 rings (SSSR count). The highest BCUT2D eigenvalue weighted by molar-refractivity contribution is 14.0. The molecule has 0 amide bonds. The van der Waals surface area contributed by atoms with Crippen molar-refractivity contribution >= 4 is 29.9 Å². The van der Waals surface area contributed by atoms with E-state index in [0.29, 0.717) is 6.54 Å². The van der Waals surface area contributed by atoms with E-state index in [9.17, 15) is 0 Å². The summed E-state index contributed by atoms with van der Waals surface area (Å²) in [7, 11) is 8.24. The molecule has 7 heteroatoms. The molecular formula is C17H32IN5O. The number of hydrogen-bond acceptors (Lipinski definition) is 4. The van der Waals surface area contributed by atoms with Crippen LogP contribution in [0.4, 0.5) is 0 Å². The van der Waals surface area contributed by atoms with E-state index < -0.39 is 0 Å². The smallest absolute Gasteiger partial charge is 0.193 e. The summed E-state index contributed by atoms with van der Waals surface area (Å²) < 4.78 is 4.90. The molecule has 24 heavy (non-hydrogen) atoms. The lowest BCUT2D eigenvalue weighted by Crippen LogP contribution is -2.56. The van der Waals surface area contributed by atoms with Crippen LogP contribution in [0.2, 0.25) is 0 Å². The number of nitrogens with one attached hydrogen (secondary N) is 1. The van der Waals surface area contributed by atoms with Crippen molar-refractivity contribution in [3.05, 3.63) is 18.0 Å². The summed E-state index contributed by atoms with van der Waals surface area (Å²) in [6, 6.07) is 1.88. The highest BCUT2D eigenvalue weighted by Gasteiger charge is 2.37. The minimum absolute atomic E-state index is 0. The third-order valence-electron chi connectivity index (χ3n) is 5.06. The molecule has 1 fully saturated rings. The summed E-state index contributed by atoms with van der Waals surface area (Å²) in [5.74, 6) is 1.68. The molecule has 138 valence electrons. The van der Waals surface area contributed by atoms with E-state index in [0.717, 1.165) is 24.1 Å². The van der Waals surface area contributed by atoms with Crippen LogP contribution in [-0.2, 0) is 6.54 Å². The van der Waals surface area contributed by atoms with Gasteiger partial charge in [-0.1, -0.05) is 24.9 Å². The van der Waals surface area contributed by atoms with Gasteiger partial charge in [-0.05, 0) is 32.9 Å². The van der Waals surface area contributed by atoms with Crippen molar-refractivity contribution in [1.82, 2.24) is 20.3 Å². The first-order chi connectivity index (χ1) is 11.0. The number of hydrogen-bond donors (Lipinski definition) is 1. The molecule has 1 aromatic rings. The van der Waals surface area contributed by atoms with Gasteiger partial charge in [-0.25, -0.2) is 0 Å². The van der Waals surface area contributed by atoms with Crippen molar-refractivity contribution in [1.29, 1.82) is 0 Å².